The molecule has 1 amide bonds. The summed E-state index contributed by atoms with van der Waals surface area (Å²) in [4.78, 5) is 14.6. The number of aliphatic hydroxyl groups is 1. The molecule has 0 radical (unpaired) electrons. The average molecular weight is 446 g/mol. The smallest absolute Gasteiger partial charge is 0.251 e. The van der Waals surface area contributed by atoms with Crippen molar-refractivity contribution in [1.82, 2.24) is 15.5 Å². The summed E-state index contributed by atoms with van der Waals surface area (Å²) in [6.45, 7) is 9.17. The molecule has 5 nitrogen and oxygen atoms in total. The number of fused-ring (bicyclic) bond motifs is 1. The van der Waals surface area contributed by atoms with E-state index in [4.69, 9.17) is 0 Å². The van der Waals surface area contributed by atoms with Crippen LogP contribution in [-0.4, -0.2) is 54.7 Å². The van der Waals surface area contributed by atoms with Crippen LogP contribution in [0.25, 0.3) is 16.5 Å². The van der Waals surface area contributed by atoms with Gasteiger partial charge >= 0.3 is 0 Å². The Morgan fingerprint density at radius 1 is 1.03 bits per heavy atom. The van der Waals surface area contributed by atoms with Gasteiger partial charge < -0.3 is 20.6 Å². The molecule has 0 heterocycles. The maximum atomic E-state index is 12.3. The second-order valence-corrected chi connectivity index (χ2v) is 8.78. The molecule has 0 bridgehead atoms. The van der Waals surface area contributed by atoms with Gasteiger partial charge in [-0.1, -0.05) is 55.1 Å². The average Bonchev–Trinajstić information content (AvgIpc) is 2.99. The second-order valence-electron chi connectivity index (χ2n) is 8.78. The van der Waals surface area contributed by atoms with Crippen molar-refractivity contribution in [1.29, 1.82) is 0 Å². The molecule has 1 atom stereocenters. The zero-order valence-corrected chi connectivity index (χ0v) is 19.7. The SMILES string of the molecule is C=C(NCCCN(C)CCCNC(=O)C1=CC(C)(O)C=CC=C1)c1ccc2ccccc2c1. The Balaban J connectivity index is 1.30. The molecule has 174 valence electrons. The topological polar surface area (TPSA) is 64.6 Å². The van der Waals surface area contributed by atoms with E-state index in [-0.39, 0.29) is 5.91 Å². The van der Waals surface area contributed by atoms with Crippen molar-refractivity contribution >= 4 is 22.4 Å². The first kappa shape index (κ1) is 24.5. The van der Waals surface area contributed by atoms with Gasteiger partial charge in [0, 0.05) is 24.4 Å². The number of allylic oxidation sites excluding steroid dienone is 2. The molecule has 0 aliphatic heterocycles. The molecule has 5 heteroatoms. The number of carbonyl (C=O) groups excluding carboxylic acids is 1. The van der Waals surface area contributed by atoms with Crippen LogP contribution in [0.15, 0.2) is 85.0 Å². The van der Waals surface area contributed by atoms with Crippen molar-refractivity contribution in [2.75, 3.05) is 33.2 Å². The molecule has 3 rings (SSSR count). The summed E-state index contributed by atoms with van der Waals surface area (Å²) in [6.07, 6.45) is 10.3. The Hall–Kier alpha value is -3.15. The van der Waals surface area contributed by atoms with Crippen LogP contribution in [0.1, 0.15) is 25.3 Å². The van der Waals surface area contributed by atoms with Gasteiger partial charge in [0.15, 0.2) is 0 Å². The van der Waals surface area contributed by atoms with Gasteiger partial charge in [0.25, 0.3) is 5.91 Å². The zero-order valence-electron chi connectivity index (χ0n) is 19.7. The first-order chi connectivity index (χ1) is 15.8. The Kier molecular flexibility index (Phi) is 8.64. The number of benzene rings is 2. The highest BCUT2D eigenvalue weighted by Crippen LogP contribution is 2.19. The van der Waals surface area contributed by atoms with E-state index in [1.54, 1.807) is 37.3 Å². The molecule has 2 aromatic rings. The minimum Gasteiger partial charge on any atom is -0.385 e. The molecular weight excluding hydrogens is 410 g/mol. The lowest BCUT2D eigenvalue weighted by Crippen LogP contribution is -2.30. The summed E-state index contributed by atoms with van der Waals surface area (Å²) in [6, 6.07) is 14.7. The lowest BCUT2D eigenvalue weighted by atomic mass is 10.0. The fourth-order valence-corrected chi connectivity index (χ4v) is 3.79. The third kappa shape index (κ3) is 7.74. The molecule has 0 spiro atoms. The third-order valence-corrected chi connectivity index (χ3v) is 5.69. The van der Waals surface area contributed by atoms with E-state index < -0.39 is 5.60 Å². The Morgan fingerprint density at radius 2 is 1.73 bits per heavy atom. The van der Waals surface area contributed by atoms with Crippen molar-refractivity contribution in [3.63, 3.8) is 0 Å². The van der Waals surface area contributed by atoms with Gasteiger partial charge in [0.05, 0.1) is 5.60 Å². The highest BCUT2D eigenvalue weighted by molar-refractivity contribution is 5.96. The normalized spacial score (nSPS) is 17.6. The van der Waals surface area contributed by atoms with Gasteiger partial charge in [0.1, 0.15) is 0 Å². The van der Waals surface area contributed by atoms with Gasteiger partial charge in [0.2, 0.25) is 0 Å². The van der Waals surface area contributed by atoms with E-state index in [0.29, 0.717) is 12.1 Å². The lowest BCUT2D eigenvalue weighted by Gasteiger charge is -2.18. The first-order valence-electron chi connectivity index (χ1n) is 11.5. The van der Waals surface area contributed by atoms with Crippen LogP contribution in [0.4, 0.5) is 0 Å². The molecule has 2 aromatic carbocycles. The van der Waals surface area contributed by atoms with E-state index in [9.17, 15) is 9.90 Å². The van der Waals surface area contributed by atoms with Gasteiger partial charge in [-0.15, -0.1) is 0 Å². The fourth-order valence-electron chi connectivity index (χ4n) is 3.79. The molecule has 0 aromatic heterocycles. The minimum absolute atomic E-state index is 0.158. The summed E-state index contributed by atoms with van der Waals surface area (Å²) in [5.41, 5.74) is 1.44. The predicted octanol–water partition coefficient (Wildman–Crippen LogP) is 4.03. The van der Waals surface area contributed by atoms with Crippen LogP contribution in [0.3, 0.4) is 0 Å². The van der Waals surface area contributed by atoms with Gasteiger partial charge in [-0.2, -0.15) is 0 Å². The monoisotopic (exact) mass is 445 g/mol. The largest absolute Gasteiger partial charge is 0.385 e. The minimum atomic E-state index is -1.11. The first-order valence-corrected chi connectivity index (χ1v) is 11.5. The molecule has 33 heavy (non-hydrogen) atoms. The molecule has 0 saturated carbocycles. The van der Waals surface area contributed by atoms with Crippen LogP contribution in [-0.2, 0) is 4.79 Å². The molecule has 1 aliphatic rings. The van der Waals surface area contributed by atoms with E-state index in [0.717, 1.165) is 43.7 Å². The maximum absolute atomic E-state index is 12.3. The summed E-state index contributed by atoms with van der Waals surface area (Å²) in [5.74, 6) is -0.158. The van der Waals surface area contributed by atoms with Crippen LogP contribution in [0.2, 0.25) is 0 Å². The van der Waals surface area contributed by atoms with Crippen LogP contribution < -0.4 is 10.6 Å². The van der Waals surface area contributed by atoms with Crippen LogP contribution in [0, 0.1) is 0 Å². The second kappa shape index (κ2) is 11.6. The van der Waals surface area contributed by atoms with Crippen molar-refractivity contribution in [3.8, 4) is 0 Å². The number of carbonyl (C=O) groups is 1. The van der Waals surface area contributed by atoms with Crippen LogP contribution >= 0.6 is 0 Å². The van der Waals surface area contributed by atoms with Crippen molar-refractivity contribution < 1.29 is 9.90 Å². The van der Waals surface area contributed by atoms with E-state index in [1.807, 2.05) is 0 Å². The number of nitrogens with one attached hydrogen (secondary N) is 2. The van der Waals surface area contributed by atoms with Crippen molar-refractivity contribution in [3.05, 3.63) is 90.6 Å². The van der Waals surface area contributed by atoms with Crippen LogP contribution in [0.5, 0.6) is 0 Å². The molecular formula is C28H35N3O2. The maximum Gasteiger partial charge on any atom is 0.251 e. The predicted molar refractivity (Wildman–Crippen MR) is 138 cm³/mol. The molecule has 0 saturated heterocycles. The number of hydrogen-bond acceptors (Lipinski definition) is 4. The Bertz CT molecular complexity index is 1070. The standard InChI is InChI=1S/C28H35N3O2/c1-22(24-14-13-23-10-4-5-11-25(23)20-24)29-16-8-18-31(3)19-9-17-30-27(32)26-12-6-7-15-28(2,33)21-26/h4-7,10-15,20-21,29,33H,1,8-9,16-19H2,2-3H3,(H,30,32). The number of amides is 1. The fraction of sp³-hybridized carbons (Fsp3) is 0.321. The van der Waals surface area contributed by atoms with Crippen molar-refractivity contribution in [2.45, 2.75) is 25.4 Å². The van der Waals surface area contributed by atoms with Gasteiger partial charge in [-0.05, 0) is 80.5 Å². The Labute approximate surface area is 197 Å². The number of nitrogens with zero attached hydrogens (tertiary/aromatic N) is 1. The summed E-state index contributed by atoms with van der Waals surface area (Å²) >= 11 is 0. The zero-order chi connectivity index (χ0) is 23.7. The molecule has 1 aliphatic carbocycles. The van der Waals surface area contributed by atoms with Gasteiger partial charge in [-0.3, -0.25) is 4.79 Å². The third-order valence-electron chi connectivity index (χ3n) is 5.69. The summed E-state index contributed by atoms with van der Waals surface area (Å²) in [7, 11) is 2.10. The number of hydrogen-bond donors (Lipinski definition) is 3. The molecule has 0 fully saturated rings. The quantitative estimate of drug-likeness (QED) is 0.457. The van der Waals surface area contributed by atoms with Gasteiger partial charge in [-0.25, -0.2) is 0 Å². The highest BCUT2D eigenvalue weighted by Gasteiger charge is 2.17. The molecule has 3 N–H and O–H groups in total. The van der Waals surface area contributed by atoms with E-state index >= 15 is 0 Å². The van der Waals surface area contributed by atoms with Crippen molar-refractivity contribution in [2.24, 2.45) is 0 Å². The Morgan fingerprint density at radius 3 is 2.48 bits per heavy atom. The van der Waals surface area contributed by atoms with E-state index in [2.05, 4.69) is 71.6 Å². The number of rotatable bonds is 11. The summed E-state index contributed by atoms with van der Waals surface area (Å²) in [5, 5.41) is 19.0. The lowest BCUT2D eigenvalue weighted by molar-refractivity contribution is -0.117. The van der Waals surface area contributed by atoms with E-state index in [1.165, 1.54) is 10.8 Å². The molecule has 1 unspecified atom stereocenters. The summed E-state index contributed by atoms with van der Waals surface area (Å²) < 4.78 is 0. The highest BCUT2D eigenvalue weighted by atomic mass is 16.3.